The van der Waals surface area contributed by atoms with Gasteiger partial charge < -0.3 is 15.5 Å². The molecule has 0 radical (unpaired) electrons. The van der Waals surface area contributed by atoms with Gasteiger partial charge >= 0.3 is 0 Å². The Morgan fingerprint density at radius 3 is 2.63 bits per heavy atom. The van der Waals surface area contributed by atoms with Gasteiger partial charge in [-0.25, -0.2) is 9.97 Å². The molecule has 1 saturated heterocycles. The second-order valence-corrected chi connectivity index (χ2v) is 9.99. The summed E-state index contributed by atoms with van der Waals surface area (Å²) in [6.45, 7) is 9.87. The number of hydrogen-bond donors (Lipinski definition) is 2. The van der Waals surface area contributed by atoms with Crippen molar-refractivity contribution in [1.29, 1.82) is 0 Å². The van der Waals surface area contributed by atoms with Crippen molar-refractivity contribution in [2.24, 2.45) is 5.92 Å². The number of allylic oxidation sites excluding steroid dienone is 4. The maximum atomic E-state index is 11.2. The van der Waals surface area contributed by atoms with Crippen molar-refractivity contribution < 1.29 is 4.79 Å². The number of piperidine rings is 1. The quantitative estimate of drug-likeness (QED) is 0.226. The first-order valence-corrected chi connectivity index (χ1v) is 13.6. The lowest BCUT2D eigenvalue weighted by atomic mass is 9.88. The molecule has 6 nitrogen and oxygen atoms in total. The Hall–Kier alpha value is -3.48. The van der Waals surface area contributed by atoms with E-state index in [-0.39, 0.29) is 5.91 Å². The average Bonchev–Trinajstić information content (AvgIpc) is 2.93. The number of amides is 1. The number of carbonyl (C=O) groups is 1. The van der Waals surface area contributed by atoms with Crippen LogP contribution in [0.5, 0.6) is 0 Å². The summed E-state index contributed by atoms with van der Waals surface area (Å²) in [6.07, 6.45) is 11.3. The third-order valence-corrected chi connectivity index (χ3v) is 7.08. The number of rotatable bonds is 11. The van der Waals surface area contributed by atoms with Crippen LogP contribution >= 0.6 is 11.6 Å². The van der Waals surface area contributed by atoms with Crippen LogP contribution in [0.15, 0.2) is 85.0 Å². The first kappa shape index (κ1) is 27.6. The van der Waals surface area contributed by atoms with Gasteiger partial charge in [-0.2, -0.15) is 0 Å². The Bertz CT molecular complexity index is 1290. The van der Waals surface area contributed by atoms with Gasteiger partial charge in [-0.1, -0.05) is 72.8 Å². The van der Waals surface area contributed by atoms with Gasteiger partial charge in [0.2, 0.25) is 11.9 Å². The average molecular weight is 530 g/mol. The van der Waals surface area contributed by atoms with E-state index in [0.717, 1.165) is 67.6 Å². The van der Waals surface area contributed by atoms with Crippen molar-refractivity contribution in [3.05, 3.63) is 90.0 Å². The first-order valence-electron chi connectivity index (χ1n) is 13.3. The van der Waals surface area contributed by atoms with E-state index in [2.05, 4.69) is 40.3 Å². The van der Waals surface area contributed by atoms with Gasteiger partial charge in [-0.15, -0.1) is 0 Å². The standard InChI is InChI=1S/C31H36ClN5O/c1-3-4-8-24(15-19-33-23(2)38)25-16-21-37(22-17-25)20-7-18-34-31-35-29-10-6-5-9-28(29)30(36-31)26-11-13-27(32)14-12-26/h3-6,8-15,25H,1,7,16-22H2,2H3,(H,33,38)(H,34,35,36)/b8-4-,24-15+. The molecule has 1 aliphatic rings. The van der Waals surface area contributed by atoms with Gasteiger partial charge in [-0.3, -0.25) is 4.79 Å². The Morgan fingerprint density at radius 2 is 1.89 bits per heavy atom. The Morgan fingerprint density at radius 1 is 1.13 bits per heavy atom. The van der Waals surface area contributed by atoms with Crippen molar-refractivity contribution in [3.8, 4) is 11.3 Å². The summed E-state index contributed by atoms with van der Waals surface area (Å²) < 4.78 is 0. The number of benzene rings is 2. The van der Waals surface area contributed by atoms with Crippen LogP contribution in [-0.4, -0.2) is 53.5 Å². The lowest BCUT2D eigenvalue weighted by Crippen LogP contribution is -2.35. The number of likely N-dealkylation sites (tertiary alicyclic amines) is 1. The molecule has 1 fully saturated rings. The molecular formula is C31H36ClN5O. The maximum Gasteiger partial charge on any atom is 0.223 e. The molecule has 7 heteroatoms. The predicted octanol–water partition coefficient (Wildman–Crippen LogP) is 6.27. The van der Waals surface area contributed by atoms with E-state index >= 15 is 0 Å². The minimum atomic E-state index is -0.00739. The van der Waals surface area contributed by atoms with Crippen molar-refractivity contribution in [2.45, 2.75) is 26.2 Å². The summed E-state index contributed by atoms with van der Waals surface area (Å²) in [5.41, 5.74) is 4.13. The zero-order valence-corrected chi connectivity index (χ0v) is 22.8. The Kier molecular flexibility index (Phi) is 10.1. The maximum absolute atomic E-state index is 11.2. The molecule has 38 heavy (non-hydrogen) atoms. The van der Waals surface area contributed by atoms with E-state index in [1.54, 1.807) is 13.0 Å². The number of para-hydroxylation sites is 1. The fourth-order valence-corrected chi connectivity index (χ4v) is 4.96. The topological polar surface area (TPSA) is 70.2 Å². The molecule has 0 unspecified atom stereocenters. The molecule has 3 aromatic rings. The van der Waals surface area contributed by atoms with Crippen LogP contribution in [0.3, 0.4) is 0 Å². The highest BCUT2D eigenvalue weighted by Crippen LogP contribution is 2.28. The van der Waals surface area contributed by atoms with Gasteiger partial charge in [0.1, 0.15) is 0 Å². The molecule has 0 spiro atoms. The molecule has 2 heterocycles. The summed E-state index contributed by atoms with van der Waals surface area (Å²) in [7, 11) is 0. The molecule has 0 saturated carbocycles. The van der Waals surface area contributed by atoms with E-state index in [4.69, 9.17) is 21.6 Å². The zero-order chi connectivity index (χ0) is 26.7. The number of nitrogens with zero attached hydrogens (tertiary/aromatic N) is 3. The molecule has 198 valence electrons. The highest BCUT2D eigenvalue weighted by atomic mass is 35.5. The molecule has 0 atom stereocenters. The van der Waals surface area contributed by atoms with Crippen LogP contribution in [0.25, 0.3) is 22.2 Å². The monoisotopic (exact) mass is 529 g/mol. The largest absolute Gasteiger partial charge is 0.354 e. The minimum absolute atomic E-state index is 0.00739. The van der Waals surface area contributed by atoms with E-state index in [1.165, 1.54) is 5.57 Å². The highest BCUT2D eigenvalue weighted by Gasteiger charge is 2.21. The van der Waals surface area contributed by atoms with Crippen LogP contribution in [0.1, 0.15) is 26.2 Å². The van der Waals surface area contributed by atoms with Gasteiger partial charge in [0.15, 0.2) is 0 Å². The Balaban J connectivity index is 1.30. The van der Waals surface area contributed by atoms with E-state index in [1.807, 2.05) is 48.5 Å². The second-order valence-electron chi connectivity index (χ2n) is 9.55. The lowest BCUT2D eigenvalue weighted by molar-refractivity contribution is -0.118. The number of hydrogen-bond acceptors (Lipinski definition) is 5. The second kappa shape index (κ2) is 13.9. The van der Waals surface area contributed by atoms with E-state index < -0.39 is 0 Å². The third kappa shape index (κ3) is 7.76. The summed E-state index contributed by atoms with van der Waals surface area (Å²) in [5, 5.41) is 8.04. The van der Waals surface area contributed by atoms with Crippen LogP contribution < -0.4 is 10.6 Å². The molecular weight excluding hydrogens is 494 g/mol. The molecule has 4 rings (SSSR count). The van der Waals surface area contributed by atoms with E-state index in [9.17, 15) is 4.79 Å². The summed E-state index contributed by atoms with van der Waals surface area (Å²) in [5.74, 6) is 1.15. The molecule has 1 amide bonds. The number of carbonyl (C=O) groups excluding carboxylic acids is 1. The molecule has 2 aromatic carbocycles. The first-order chi connectivity index (χ1) is 18.5. The molecule has 1 aromatic heterocycles. The van der Waals surface area contributed by atoms with Crippen LogP contribution in [0.4, 0.5) is 5.95 Å². The van der Waals surface area contributed by atoms with Crippen LogP contribution in [0.2, 0.25) is 5.02 Å². The van der Waals surface area contributed by atoms with Crippen molar-refractivity contribution in [2.75, 3.05) is 38.0 Å². The zero-order valence-electron chi connectivity index (χ0n) is 22.0. The van der Waals surface area contributed by atoms with Gasteiger partial charge in [-0.05, 0) is 68.6 Å². The number of nitrogens with one attached hydrogen (secondary N) is 2. The third-order valence-electron chi connectivity index (χ3n) is 6.83. The number of anilines is 1. The minimum Gasteiger partial charge on any atom is -0.354 e. The van der Waals surface area contributed by atoms with E-state index in [0.29, 0.717) is 23.4 Å². The summed E-state index contributed by atoms with van der Waals surface area (Å²) in [6, 6.07) is 15.9. The highest BCUT2D eigenvalue weighted by molar-refractivity contribution is 6.30. The smallest absolute Gasteiger partial charge is 0.223 e. The number of aromatic nitrogens is 2. The van der Waals surface area contributed by atoms with Crippen LogP contribution in [-0.2, 0) is 4.79 Å². The number of fused-ring (bicyclic) bond motifs is 1. The summed E-state index contributed by atoms with van der Waals surface area (Å²) >= 11 is 6.10. The Labute approximate surface area is 230 Å². The fourth-order valence-electron chi connectivity index (χ4n) is 4.84. The van der Waals surface area contributed by atoms with Gasteiger partial charge in [0.05, 0.1) is 11.2 Å². The fraction of sp³-hybridized carbons (Fsp3) is 0.323. The molecule has 0 bridgehead atoms. The molecule has 2 N–H and O–H groups in total. The molecule has 1 aliphatic heterocycles. The van der Waals surface area contributed by atoms with Crippen LogP contribution in [0, 0.1) is 5.92 Å². The lowest BCUT2D eigenvalue weighted by Gasteiger charge is -2.32. The van der Waals surface area contributed by atoms with Gasteiger partial charge in [0, 0.05) is 36.0 Å². The van der Waals surface area contributed by atoms with Crippen molar-refractivity contribution in [1.82, 2.24) is 20.2 Å². The van der Waals surface area contributed by atoms with Gasteiger partial charge in [0.25, 0.3) is 0 Å². The van der Waals surface area contributed by atoms with Crippen molar-refractivity contribution in [3.63, 3.8) is 0 Å². The number of halogens is 1. The molecule has 0 aliphatic carbocycles. The van der Waals surface area contributed by atoms with Crippen molar-refractivity contribution >= 4 is 34.4 Å². The SMILES string of the molecule is C=C/C=C\C(=C/CNC(C)=O)C1CCN(CCCNc2nc(-c3ccc(Cl)cc3)c3ccccc3n2)CC1. The predicted molar refractivity (Wildman–Crippen MR) is 158 cm³/mol. The summed E-state index contributed by atoms with van der Waals surface area (Å²) in [4.78, 5) is 23.3. The normalized spacial score (nSPS) is 15.2.